The fourth-order valence-electron chi connectivity index (χ4n) is 5.11. The van der Waals surface area contributed by atoms with Crippen LogP contribution in [-0.2, 0) is 26.3 Å². The van der Waals surface area contributed by atoms with Crippen molar-refractivity contribution in [2.45, 2.75) is 39.5 Å². The Morgan fingerprint density at radius 3 is 2.28 bits per heavy atom. The highest BCUT2D eigenvalue weighted by molar-refractivity contribution is 6.13. The zero-order chi connectivity index (χ0) is 30.8. The van der Waals surface area contributed by atoms with E-state index < -0.39 is 28.7 Å². The average molecular weight is 587 g/mol. The summed E-state index contributed by atoms with van der Waals surface area (Å²) in [4.78, 5) is 64.7. The van der Waals surface area contributed by atoms with Crippen LogP contribution in [0.4, 0.5) is 5.69 Å². The summed E-state index contributed by atoms with van der Waals surface area (Å²) in [5.74, 6) is -1.62. The zero-order valence-electron chi connectivity index (χ0n) is 23.7. The van der Waals surface area contributed by atoms with Crippen molar-refractivity contribution in [2.75, 3.05) is 6.61 Å². The molecule has 0 radical (unpaired) electrons. The summed E-state index contributed by atoms with van der Waals surface area (Å²) in [5, 5.41) is 13.0. The van der Waals surface area contributed by atoms with Gasteiger partial charge in [-0.25, -0.2) is 9.59 Å². The SMILES string of the molecule is Cc1cc([N+](=O)[O-])cc(C)c1OC(=O)c1c2ccccc2[n+](C)c2cc(OCCCC(=O)ON3C(=O)CCC3=O)ccc12. The number of nitro benzene ring substituents is 1. The lowest BCUT2D eigenvalue weighted by molar-refractivity contribution is -0.617. The number of hydrogen-bond acceptors (Lipinski definition) is 9. The molecule has 1 aliphatic rings. The second-order valence-corrected chi connectivity index (χ2v) is 10.2. The van der Waals surface area contributed by atoms with Crippen LogP contribution in [0.3, 0.4) is 0 Å². The van der Waals surface area contributed by atoms with Crippen LogP contribution in [0.15, 0.2) is 54.6 Å². The number of para-hydroxylation sites is 1. The van der Waals surface area contributed by atoms with E-state index in [2.05, 4.69) is 0 Å². The number of benzene rings is 3. The van der Waals surface area contributed by atoms with Crippen LogP contribution >= 0.6 is 0 Å². The number of amides is 2. The number of hydrogen-bond donors (Lipinski definition) is 0. The Bertz CT molecular complexity index is 1790. The number of carbonyl (C=O) groups excluding carboxylic acids is 4. The number of non-ortho nitro benzene ring substituents is 1. The van der Waals surface area contributed by atoms with Gasteiger partial charge in [-0.3, -0.25) is 19.7 Å². The second kappa shape index (κ2) is 11.8. The largest absolute Gasteiger partial charge is 0.493 e. The van der Waals surface area contributed by atoms with Crippen LogP contribution in [0.25, 0.3) is 21.8 Å². The van der Waals surface area contributed by atoms with Gasteiger partial charge in [-0.15, -0.1) is 5.06 Å². The molecule has 1 fully saturated rings. The summed E-state index contributed by atoms with van der Waals surface area (Å²) in [6.07, 6.45) is 0.280. The first-order valence-corrected chi connectivity index (χ1v) is 13.6. The molecule has 43 heavy (non-hydrogen) atoms. The van der Waals surface area contributed by atoms with Crippen molar-refractivity contribution in [3.05, 3.63) is 81.4 Å². The van der Waals surface area contributed by atoms with Gasteiger partial charge in [0.1, 0.15) is 18.5 Å². The van der Waals surface area contributed by atoms with Gasteiger partial charge in [-0.05, 0) is 49.6 Å². The molecule has 3 aromatic carbocycles. The highest BCUT2D eigenvalue weighted by Crippen LogP contribution is 2.32. The quantitative estimate of drug-likeness (QED) is 0.0409. The average Bonchev–Trinajstić information content (AvgIpc) is 3.29. The van der Waals surface area contributed by atoms with Gasteiger partial charge in [-0.2, -0.15) is 4.57 Å². The molecular formula is C31H28N3O9+. The molecule has 0 aliphatic carbocycles. The second-order valence-electron chi connectivity index (χ2n) is 10.2. The monoisotopic (exact) mass is 586 g/mol. The Kier molecular flexibility index (Phi) is 8.02. The molecule has 220 valence electrons. The van der Waals surface area contributed by atoms with Crippen molar-refractivity contribution in [3.8, 4) is 11.5 Å². The number of imide groups is 1. The Morgan fingerprint density at radius 1 is 0.953 bits per heavy atom. The minimum atomic E-state index is -0.703. The van der Waals surface area contributed by atoms with Crippen molar-refractivity contribution >= 4 is 51.2 Å². The molecular weight excluding hydrogens is 558 g/mol. The predicted octanol–water partition coefficient (Wildman–Crippen LogP) is 4.33. The lowest BCUT2D eigenvalue weighted by Gasteiger charge is -2.14. The van der Waals surface area contributed by atoms with E-state index in [9.17, 15) is 29.3 Å². The highest BCUT2D eigenvalue weighted by Gasteiger charge is 2.32. The van der Waals surface area contributed by atoms with E-state index in [1.165, 1.54) is 12.1 Å². The summed E-state index contributed by atoms with van der Waals surface area (Å²) in [7, 11) is 1.87. The number of fused-ring (bicyclic) bond motifs is 2. The first-order chi connectivity index (χ1) is 20.5. The molecule has 0 atom stereocenters. The van der Waals surface area contributed by atoms with Crippen LogP contribution < -0.4 is 14.0 Å². The molecule has 5 rings (SSSR count). The van der Waals surface area contributed by atoms with Crippen LogP contribution in [0.1, 0.15) is 47.2 Å². The number of hydroxylamine groups is 2. The van der Waals surface area contributed by atoms with Gasteiger partial charge in [0.05, 0.1) is 40.4 Å². The Morgan fingerprint density at radius 2 is 1.60 bits per heavy atom. The third-order valence-electron chi connectivity index (χ3n) is 7.18. The minimum Gasteiger partial charge on any atom is -0.493 e. The lowest BCUT2D eigenvalue weighted by atomic mass is 10.0. The molecule has 0 N–H and O–H groups in total. The number of esters is 1. The maximum atomic E-state index is 13.7. The number of nitro groups is 1. The zero-order valence-corrected chi connectivity index (χ0v) is 23.7. The Labute approximate surface area is 245 Å². The number of rotatable bonds is 9. The number of aromatic nitrogens is 1. The van der Waals surface area contributed by atoms with Crippen molar-refractivity contribution in [1.82, 2.24) is 5.06 Å². The van der Waals surface area contributed by atoms with Gasteiger partial charge in [-0.1, -0.05) is 12.1 Å². The smallest absolute Gasteiger partial charge is 0.345 e. The molecule has 1 aromatic heterocycles. The van der Waals surface area contributed by atoms with Crippen LogP contribution in [-0.4, -0.2) is 40.3 Å². The van der Waals surface area contributed by atoms with E-state index in [1.807, 2.05) is 35.9 Å². The number of nitrogens with zero attached hydrogens (tertiary/aromatic N) is 3. The topological polar surface area (TPSA) is 146 Å². The third-order valence-corrected chi connectivity index (χ3v) is 7.18. The normalized spacial score (nSPS) is 13.0. The molecule has 1 aliphatic heterocycles. The number of carbonyl (C=O) groups is 4. The molecule has 12 heteroatoms. The third kappa shape index (κ3) is 5.85. The van der Waals surface area contributed by atoms with Crippen molar-refractivity contribution in [3.63, 3.8) is 0 Å². The van der Waals surface area contributed by atoms with E-state index in [0.29, 0.717) is 43.8 Å². The summed E-state index contributed by atoms with van der Waals surface area (Å²) in [6.45, 7) is 3.46. The summed E-state index contributed by atoms with van der Waals surface area (Å²) in [5.41, 5.74) is 2.64. The first-order valence-electron chi connectivity index (χ1n) is 13.6. The van der Waals surface area contributed by atoms with Crippen LogP contribution in [0, 0.1) is 24.0 Å². The van der Waals surface area contributed by atoms with Crippen LogP contribution in [0.2, 0.25) is 0 Å². The molecule has 12 nitrogen and oxygen atoms in total. The predicted molar refractivity (Wildman–Crippen MR) is 152 cm³/mol. The molecule has 0 bridgehead atoms. The molecule has 0 saturated carbocycles. The standard InChI is InChI=1S/C31H28N3O9/c1-18-15-20(34(39)40)16-19(2)30(18)42-31(38)29-22-7-4-5-8-24(22)32(3)25-17-21(10-11-23(25)29)41-14-6-9-28(37)43-33-26(35)12-13-27(33)36/h4-5,7-8,10-11,15-17H,6,9,12-14H2,1-3H3/q+1. The van der Waals surface area contributed by atoms with Gasteiger partial charge in [0.2, 0.25) is 11.0 Å². The minimum absolute atomic E-state index is 0.0274. The van der Waals surface area contributed by atoms with Crippen molar-refractivity contribution in [1.29, 1.82) is 0 Å². The van der Waals surface area contributed by atoms with Gasteiger partial charge in [0.25, 0.3) is 17.5 Å². The van der Waals surface area contributed by atoms with Crippen LogP contribution in [0.5, 0.6) is 11.5 Å². The van der Waals surface area contributed by atoms with E-state index in [1.54, 1.807) is 32.0 Å². The van der Waals surface area contributed by atoms with E-state index in [-0.39, 0.29) is 43.7 Å². The summed E-state index contributed by atoms with van der Waals surface area (Å²) < 4.78 is 13.6. The van der Waals surface area contributed by atoms with E-state index in [4.69, 9.17) is 14.3 Å². The van der Waals surface area contributed by atoms with Gasteiger partial charge in [0.15, 0.2) is 0 Å². The van der Waals surface area contributed by atoms with Gasteiger partial charge < -0.3 is 14.3 Å². The van der Waals surface area contributed by atoms with Crippen molar-refractivity contribution in [2.24, 2.45) is 7.05 Å². The summed E-state index contributed by atoms with van der Waals surface area (Å²) in [6, 6.07) is 15.4. The molecule has 0 spiro atoms. The molecule has 0 unspecified atom stereocenters. The molecule has 2 amide bonds. The maximum Gasteiger partial charge on any atom is 0.345 e. The van der Waals surface area contributed by atoms with Crippen molar-refractivity contribution < 1.29 is 43.0 Å². The van der Waals surface area contributed by atoms with E-state index >= 15 is 0 Å². The number of ether oxygens (including phenoxy) is 2. The number of pyridine rings is 1. The Balaban J connectivity index is 1.37. The molecule has 4 aromatic rings. The Hall–Kier alpha value is -5.39. The summed E-state index contributed by atoms with van der Waals surface area (Å²) >= 11 is 0. The fraction of sp³-hybridized carbons (Fsp3) is 0.258. The molecule has 2 heterocycles. The highest BCUT2D eigenvalue weighted by atomic mass is 16.7. The van der Waals surface area contributed by atoms with E-state index in [0.717, 1.165) is 5.52 Å². The number of aryl methyl sites for hydroxylation is 3. The van der Waals surface area contributed by atoms with Gasteiger partial charge >= 0.3 is 11.9 Å². The maximum absolute atomic E-state index is 13.7. The first kappa shape index (κ1) is 29.1. The fourth-order valence-corrected chi connectivity index (χ4v) is 5.11. The lowest BCUT2D eigenvalue weighted by Crippen LogP contribution is -2.32. The molecule has 1 saturated heterocycles. The van der Waals surface area contributed by atoms with Gasteiger partial charge in [0, 0.05) is 31.0 Å².